The van der Waals surface area contributed by atoms with Crippen LogP contribution in [0.15, 0.2) is 48.5 Å². The van der Waals surface area contributed by atoms with Crippen molar-refractivity contribution in [1.29, 1.82) is 0 Å². The van der Waals surface area contributed by atoms with Crippen LogP contribution in [0.25, 0.3) is 0 Å². The first-order valence-corrected chi connectivity index (χ1v) is 9.52. The monoisotopic (exact) mass is 336 g/mol. The van der Waals surface area contributed by atoms with Gasteiger partial charge in [0.1, 0.15) is 5.75 Å². The molecule has 2 heteroatoms. The van der Waals surface area contributed by atoms with Crippen LogP contribution < -0.4 is 4.74 Å². The van der Waals surface area contributed by atoms with Crippen LogP contribution in [-0.2, 0) is 5.41 Å². The molecule has 0 N–H and O–H groups in total. The van der Waals surface area contributed by atoms with E-state index >= 15 is 0 Å². The number of carbonyl (C=O) groups is 1. The van der Waals surface area contributed by atoms with Crippen LogP contribution >= 0.6 is 0 Å². The molecule has 0 amide bonds. The van der Waals surface area contributed by atoms with Gasteiger partial charge in [-0.05, 0) is 61.4 Å². The molecule has 132 valence electrons. The quantitative estimate of drug-likeness (QED) is 0.479. The lowest BCUT2D eigenvalue weighted by Gasteiger charge is -2.38. The van der Waals surface area contributed by atoms with Crippen molar-refractivity contribution in [2.45, 2.75) is 64.2 Å². The summed E-state index contributed by atoms with van der Waals surface area (Å²) in [6.07, 6.45) is 9.03. The highest BCUT2D eigenvalue weighted by atomic mass is 16.5. The van der Waals surface area contributed by atoms with Crippen molar-refractivity contribution in [3.05, 3.63) is 65.2 Å². The van der Waals surface area contributed by atoms with E-state index in [2.05, 4.69) is 19.1 Å². The van der Waals surface area contributed by atoms with E-state index in [1.54, 1.807) is 0 Å². The molecule has 1 fully saturated rings. The van der Waals surface area contributed by atoms with Gasteiger partial charge in [0.2, 0.25) is 0 Å². The van der Waals surface area contributed by atoms with Gasteiger partial charge < -0.3 is 4.74 Å². The largest absolute Gasteiger partial charge is 0.423 e. The number of benzene rings is 2. The fourth-order valence-corrected chi connectivity index (χ4v) is 4.12. The van der Waals surface area contributed by atoms with Gasteiger partial charge in [-0.15, -0.1) is 0 Å². The van der Waals surface area contributed by atoms with Crippen molar-refractivity contribution in [1.82, 2.24) is 0 Å². The Balaban J connectivity index is 1.73. The van der Waals surface area contributed by atoms with E-state index < -0.39 is 0 Å². The minimum Gasteiger partial charge on any atom is -0.423 e. The number of carbonyl (C=O) groups excluding carboxylic acids is 1. The number of hydrogen-bond donors (Lipinski definition) is 0. The molecule has 0 bridgehead atoms. The number of rotatable bonds is 5. The molecule has 0 saturated heterocycles. The summed E-state index contributed by atoms with van der Waals surface area (Å²) in [5.74, 6) is 0.325. The van der Waals surface area contributed by atoms with Crippen molar-refractivity contribution in [3.63, 3.8) is 0 Å². The first-order chi connectivity index (χ1) is 12.1. The van der Waals surface area contributed by atoms with Gasteiger partial charge in [0.15, 0.2) is 0 Å². The second kappa shape index (κ2) is 7.86. The highest BCUT2D eigenvalue weighted by Gasteiger charge is 2.32. The van der Waals surface area contributed by atoms with Crippen molar-refractivity contribution in [2.24, 2.45) is 0 Å². The molecule has 1 aliphatic rings. The molecular formula is C23H28O2. The number of esters is 1. The van der Waals surface area contributed by atoms with Crippen molar-refractivity contribution >= 4 is 5.97 Å². The first-order valence-electron chi connectivity index (χ1n) is 9.52. The van der Waals surface area contributed by atoms with Crippen molar-refractivity contribution in [3.8, 4) is 5.75 Å². The molecule has 2 aromatic carbocycles. The molecule has 25 heavy (non-hydrogen) atoms. The third-order valence-corrected chi connectivity index (χ3v) is 5.50. The van der Waals surface area contributed by atoms with E-state index in [0.29, 0.717) is 16.7 Å². The Hall–Kier alpha value is -2.09. The lowest BCUT2D eigenvalue weighted by Crippen LogP contribution is -2.28. The van der Waals surface area contributed by atoms with Gasteiger partial charge in [0.05, 0.1) is 5.56 Å². The van der Waals surface area contributed by atoms with Crippen molar-refractivity contribution in [2.75, 3.05) is 0 Å². The average Bonchev–Trinajstić information content (AvgIpc) is 2.64. The van der Waals surface area contributed by atoms with Gasteiger partial charge in [-0.25, -0.2) is 4.79 Å². The third-order valence-electron chi connectivity index (χ3n) is 5.50. The molecule has 1 saturated carbocycles. The number of hydrogen-bond acceptors (Lipinski definition) is 2. The Labute approximate surface area is 151 Å². The van der Waals surface area contributed by atoms with E-state index in [0.717, 1.165) is 5.56 Å². The van der Waals surface area contributed by atoms with Gasteiger partial charge in [-0.1, -0.05) is 62.4 Å². The summed E-state index contributed by atoms with van der Waals surface area (Å²) in [7, 11) is 0. The van der Waals surface area contributed by atoms with Crippen LogP contribution in [-0.4, -0.2) is 5.97 Å². The molecule has 2 nitrogen and oxygen atoms in total. The molecule has 3 rings (SSSR count). The Kier molecular flexibility index (Phi) is 5.57. The zero-order valence-electron chi connectivity index (χ0n) is 15.4. The molecule has 0 aromatic heterocycles. The Morgan fingerprint density at radius 1 is 0.960 bits per heavy atom. The second-order valence-corrected chi connectivity index (χ2v) is 7.37. The predicted octanol–water partition coefficient (Wildman–Crippen LogP) is 6.22. The minimum absolute atomic E-state index is 0.298. The summed E-state index contributed by atoms with van der Waals surface area (Å²) in [6.45, 7) is 4.28. The smallest absolute Gasteiger partial charge is 0.343 e. The summed E-state index contributed by atoms with van der Waals surface area (Å²) < 4.78 is 5.54. The molecule has 0 unspecified atom stereocenters. The predicted molar refractivity (Wildman–Crippen MR) is 102 cm³/mol. The number of aryl methyl sites for hydroxylation is 1. The molecule has 0 radical (unpaired) electrons. The normalized spacial score (nSPS) is 16.4. The molecule has 0 heterocycles. The van der Waals surface area contributed by atoms with Crippen LogP contribution in [0.5, 0.6) is 5.75 Å². The minimum atomic E-state index is -0.298. The first kappa shape index (κ1) is 17.7. The van der Waals surface area contributed by atoms with Gasteiger partial charge >= 0.3 is 5.97 Å². The molecule has 0 aliphatic heterocycles. The summed E-state index contributed by atoms with van der Waals surface area (Å²) >= 11 is 0. The lowest BCUT2D eigenvalue weighted by molar-refractivity contribution is 0.0734. The van der Waals surface area contributed by atoms with Crippen LogP contribution in [0.1, 0.15) is 73.4 Å². The van der Waals surface area contributed by atoms with E-state index in [1.807, 2.05) is 43.3 Å². The Bertz CT molecular complexity index is 686. The second-order valence-electron chi connectivity index (χ2n) is 7.37. The summed E-state index contributed by atoms with van der Waals surface area (Å²) in [6, 6.07) is 15.7. The molecular weight excluding hydrogens is 308 g/mol. The van der Waals surface area contributed by atoms with Crippen LogP contribution in [0.4, 0.5) is 0 Å². The molecule has 1 aliphatic carbocycles. The maximum absolute atomic E-state index is 12.3. The lowest BCUT2D eigenvalue weighted by atomic mass is 9.67. The van der Waals surface area contributed by atoms with Crippen molar-refractivity contribution < 1.29 is 9.53 Å². The van der Waals surface area contributed by atoms with Gasteiger partial charge in [0.25, 0.3) is 0 Å². The average molecular weight is 336 g/mol. The van der Waals surface area contributed by atoms with Crippen LogP contribution in [0.3, 0.4) is 0 Å². The van der Waals surface area contributed by atoms with E-state index in [9.17, 15) is 4.79 Å². The highest BCUT2D eigenvalue weighted by molar-refractivity contribution is 5.91. The summed E-state index contributed by atoms with van der Waals surface area (Å²) in [5, 5.41) is 0. The molecule has 2 aromatic rings. The van der Waals surface area contributed by atoms with Crippen LogP contribution in [0, 0.1) is 6.92 Å². The Morgan fingerprint density at radius 3 is 2.20 bits per heavy atom. The fourth-order valence-electron chi connectivity index (χ4n) is 4.12. The molecule has 0 spiro atoms. The maximum Gasteiger partial charge on any atom is 0.343 e. The van der Waals surface area contributed by atoms with E-state index in [4.69, 9.17) is 4.74 Å². The number of ether oxygens (including phenoxy) is 1. The van der Waals surface area contributed by atoms with Crippen LogP contribution in [0.2, 0.25) is 0 Å². The summed E-state index contributed by atoms with van der Waals surface area (Å²) in [4.78, 5) is 12.3. The molecule has 0 atom stereocenters. The van der Waals surface area contributed by atoms with E-state index in [1.165, 1.54) is 50.5 Å². The zero-order chi connectivity index (χ0) is 17.7. The summed E-state index contributed by atoms with van der Waals surface area (Å²) in [5.41, 5.74) is 3.45. The highest BCUT2D eigenvalue weighted by Crippen LogP contribution is 2.43. The Morgan fingerprint density at radius 2 is 1.60 bits per heavy atom. The maximum atomic E-state index is 12.3. The third kappa shape index (κ3) is 4.12. The van der Waals surface area contributed by atoms with Gasteiger partial charge in [0, 0.05) is 0 Å². The standard InChI is InChI=1S/C23H28O2/c1-3-15-23(16-5-4-6-17-23)20-11-13-21(14-12-20)25-22(24)19-9-7-18(2)8-10-19/h7-14H,3-6,15-17H2,1-2H3. The zero-order valence-corrected chi connectivity index (χ0v) is 15.4. The topological polar surface area (TPSA) is 26.3 Å². The SMILES string of the molecule is CCCC1(c2ccc(OC(=O)c3ccc(C)cc3)cc2)CCCCC1. The van der Waals surface area contributed by atoms with Gasteiger partial charge in [-0.2, -0.15) is 0 Å². The fraction of sp³-hybridized carbons (Fsp3) is 0.435. The van der Waals surface area contributed by atoms with Gasteiger partial charge in [-0.3, -0.25) is 0 Å². The van der Waals surface area contributed by atoms with E-state index in [-0.39, 0.29) is 5.97 Å².